The second kappa shape index (κ2) is 6.19. The van der Waals surface area contributed by atoms with E-state index in [1.807, 2.05) is 6.92 Å². The van der Waals surface area contributed by atoms with Crippen LogP contribution >= 0.6 is 11.3 Å². The molecule has 2 heterocycles. The van der Waals surface area contributed by atoms with Crippen LogP contribution in [0.15, 0.2) is 10.7 Å². The number of nitrogens with zero attached hydrogens (tertiary/aromatic N) is 2. The van der Waals surface area contributed by atoms with E-state index in [1.54, 1.807) is 5.51 Å². The molecule has 0 spiro atoms. The predicted octanol–water partition coefficient (Wildman–Crippen LogP) is 0.611. The molecule has 1 fully saturated rings. The summed E-state index contributed by atoms with van der Waals surface area (Å²) in [5.41, 5.74) is 7.40. The summed E-state index contributed by atoms with van der Waals surface area (Å²) in [5, 5.41) is 14.8. The zero-order valence-electron chi connectivity index (χ0n) is 11.3. The highest BCUT2D eigenvalue weighted by Crippen LogP contribution is 2.31. The molecule has 1 aliphatic heterocycles. The number of ether oxygens (including phenoxy) is 1. The van der Waals surface area contributed by atoms with Crippen molar-refractivity contribution in [1.29, 1.82) is 0 Å². The first-order chi connectivity index (χ1) is 9.60. The second-order valence-electron chi connectivity index (χ2n) is 4.72. The number of rotatable bonds is 4. The Bertz CT molecular complexity index is 509. The zero-order chi connectivity index (χ0) is 14.6. The quantitative estimate of drug-likeness (QED) is 0.326. The zero-order valence-corrected chi connectivity index (χ0v) is 12.1. The van der Waals surface area contributed by atoms with Crippen LogP contribution in [0.5, 0.6) is 0 Å². The monoisotopic (exact) mass is 298 g/mol. The topological polar surface area (TPSA) is 110 Å². The van der Waals surface area contributed by atoms with E-state index < -0.39 is 5.41 Å². The Hall–Kier alpha value is -1.67. The van der Waals surface area contributed by atoms with Crippen molar-refractivity contribution in [2.24, 2.45) is 16.3 Å². The first-order valence-corrected chi connectivity index (χ1v) is 7.21. The normalized spacial score (nSPS) is 18.8. The van der Waals surface area contributed by atoms with Gasteiger partial charge < -0.3 is 21.0 Å². The Labute approximate surface area is 120 Å². The van der Waals surface area contributed by atoms with E-state index in [0.29, 0.717) is 32.6 Å². The number of nitrogens with two attached hydrogens (primary N) is 1. The summed E-state index contributed by atoms with van der Waals surface area (Å²) in [6.45, 7) is 3.13. The fourth-order valence-electron chi connectivity index (χ4n) is 2.24. The van der Waals surface area contributed by atoms with Gasteiger partial charge in [0, 0.05) is 18.1 Å². The summed E-state index contributed by atoms with van der Waals surface area (Å²) >= 11 is 1.49. The summed E-state index contributed by atoms with van der Waals surface area (Å²) < 4.78 is 5.26. The van der Waals surface area contributed by atoms with Gasteiger partial charge in [0.15, 0.2) is 5.84 Å². The molecule has 2 rings (SSSR count). The highest BCUT2D eigenvalue weighted by molar-refractivity contribution is 7.09. The molecule has 1 amide bonds. The standard InChI is InChI=1S/C12H18N4O3S/c1-8-9(20-7-15-8)6-14-11(17)12(10(13)16-18)2-4-19-5-3-12/h7,18H,2-6H2,1H3,(H2,13,16)(H,14,17). The Kier molecular flexibility index (Phi) is 4.56. The lowest BCUT2D eigenvalue weighted by molar-refractivity contribution is -0.131. The van der Waals surface area contributed by atoms with Gasteiger partial charge in [0.25, 0.3) is 0 Å². The van der Waals surface area contributed by atoms with E-state index in [4.69, 9.17) is 15.7 Å². The van der Waals surface area contributed by atoms with E-state index in [-0.39, 0.29) is 11.7 Å². The summed E-state index contributed by atoms with van der Waals surface area (Å²) in [7, 11) is 0. The van der Waals surface area contributed by atoms with Gasteiger partial charge in [-0.15, -0.1) is 11.3 Å². The van der Waals surface area contributed by atoms with Crippen LogP contribution in [0.3, 0.4) is 0 Å². The minimum absolute atomic E-state index is 0.0562. The number of hydrogen-bond acceptors (Lipinski definition) is 6. The van der Waals surface area contributed by atoms with Gasteiger partial charge in [0.1, 0.15) is 5.41 Å². The molecule has 0 aromatic carbocycles. The van der Waals surface area contributed by atoms with Crippen molar-refractivity contribution < 1.29 is 14.7 Å². The molecule has 8 heteroatoms. The molecule has 0 radical (unpaired) electrons. The molecule has 1 aromatic heterocycles. The van der Waals surface area contributed by atoms with Crippen LogP contribution in [0, 0.1) is 12.3 Å². The Morgan fingerprint density at radius 3 is 2.90 bits per heavy atom. The van der Waals surface area contributed by atoms with Crippen molar-refractivity contribution >= 4 is 23.1 Å². The number of carbonyl (C=O) groups excluding carboxylic acids is 1. The molecule has 20 heavy (non-hydrogen) atoms. The van der Waals surface area contributed by atoms with E-state index in [9.17, 15) is 4.79 Å². The van der Waals surface area contributed by atoms with Crippen molar-refractivity contribution in [1.82, 2.24) is 10.3 Å². The lowest BCUT2D eigenvalue weighted by atomic mass is 9.78. The van der Waals surface area contributed by atoms with Crippen LogP contribution in [0.1, 0.15) is 23.4 Å². The number of aryl methyl sites for hydroxylation is 1. The van der Waals surface area contributed by atoms with Crippen LogP contribution in [-0.2, 0) is 16.1 Å². The van der Waals surface area contributed by atoms with Gasteiger partial charge in [0.05, 0.1) is 17.7 Å². The number of nitrogens with one attached hydrogen (secondary N) is 1. The Balaban J connectivity index is 2.09. The highest BCUT2D eigenvalue weighted by atomic mass is 32.1. The third-order valence-electron chi connectivity index (χ3n) is 3.63. The van der Waals surface area contributed by atoms with Crippen molar-refractivity contribution in [2.75, 3.05) is 13.2 Å². The van der Waals surface area contributed by atoms with Gasteiger partial charge in [-0.3, -0.25) is 4.79 Å². The molecule has 0 bridgehead atoms. The Morgan fingerprint density at radius 2 is 2.35 bits per heavy atom. The molecule has 1 aromatic rings. The maximum absolute atomic E-state index is 12.5. The molecule has 7 nitrogen and oxygen atoms in total. The van der Waals surface area contributed by atoms with Crippen molar-refractivity contribution in [3.63, 3.8) is 0 Å². The van der Waals surface area contributed by atoms with Gasteiger partial charge in [-0.2, -0.15) is 0 Å². The average Bonchev–Trinajstić information content (AvgIpc) is 2.89. The number of amidine groups is 1. The fourth-order valence-corrected chi connectivity index (χ4v) is 2.96. The number of oxime groups is 1. The summed E-state index contributed by atoms with van der Waals surface area (Å²) in [5.74, 6) is -0.289. The van der Waals surface area contributed by atoms with Crippen LogP contribution in [-0.4, -0.2) is 35.1 Å². The molecule has 110 valence electrons. The Morgan fingerprint density at radius 1 is 1.65 bits per heavy atom. The lowest BCUT2D eigenvalue weighted by Crippen LogP contribution is -2.52. The van der Waals surface area contributed by atoms with Crippen molar-refractivity contribution in [2.45, 2.75) is 26.3 Å². The van der Waals surface area contributed by atoms with E-state index in [1.165, 1.54) is 11.3 Å². The van der Waals surface area contributed by atoms with Gasteiger partial charge in [-0.05, 0) is 19.8 Å². The van der Waals surface area contributed by atoms with Gasteiger partial charge in [0.2, 0.25) is 5.91 Å². The van der Waals surface area contributed by atoms with Gasteiger partial charge in [-0.1, -0.05) is 5.16 Å². The highest BCUT2D eigenvalue weighted by Gasteiger charge is 2.44. The molecule has 4 N–H and O–H groups in total. The summed E-state index contributed by atoms with van der Waals surface area (Å²) in [4.78, 5) is 17.6. The van der Waals surface area contributed by atoms with Crippen molar-refractivity contribution in [3.05, 3.63) is 16.1 Å². The first kappa shape index (κ1) is 14.7. The molecule has 1 saturated heterocycles. The smallest absolute Gasteiger partial charge is 0.234 e. The number of aromatic nitrogens is 1. The van der Waals surface area contributed by atoms with Crippen LogP contribution in [0.4, 0.5) is 0 Å². The summed E-state index contributed by atoms with van der Waals surface area (Å²) in [6, 6.07) is 0. The SMILES string of the molecule is Cc1ncsc1CNC(=O)C1(C(N)=NO)CCOCC1. The van der Waals surface area contributed by atoms with Crippen LogP contribution in [0.25, 0.3) is 0 Å². The predicted molar refractivity (Wildman–Crippen MR) is 74.6 cm³/mol. The maximum Gasteiger partial charge on any atom is 0.234 e. The third kappa shape index (κ3) is 2.75. The maximum atomic E-state index is 12.5. The van der Waals surface area contributed by atoms with Crippen LogP contribution in [0.2, 0.25) is 0 Å². The van der Waals surface area contributed by atoms with E-state index in [0.717, 1.165) is 10.6 Å². The summed E-state index contributed by atoms with van der Waals surface area (Å²) in [6.07, 6.45) is 0.826. The van der Waals surface area contributed by atoms with Gasteiger partial charge in [-0.25, -0.2) is 4.98 Å². The molecular weight excluding hydrogens is 280 g/mol. The molecule has 0 atom stereocenters. The number of thiazole rings is 1. The number of amides is 1. The number of carbonyl (C=O) groups is 1. The van der Waals surface area contributed by atoms with Gasteiger partial charge >= 0.3 is 0 Å². The minimum Gasteiger partial charge on any atom is -0.409 e. The molecular formula is C12H18N4O3S. The minimum atomic E-state index is -0.981. The fraction of sp³-hybridized carbons (Fsp3) is 0.583. The third-order valence-corrected chi connectivity index (χ3v) is 4.57. The second-order valence-corrected chi connectivity index (χ2v) is 5.66. The van der Waals surface area contributed by atoms with E-state index in [2.05, 4.69) is 15.5 Å². The molecule has 0 saturated carbocycles. The largest absolute Gasteiger partial charge is 0.409 e. The lowest BCUT2D eigenvalue weighted by Gasteiger charge is -2.34. The molecule has 0 unspecified atom stereocenters. The molecule has 0 aliphatic carbocycles. The van der Waals surface area contributed by atoms with Crippen LogP contribution < -0.4 is 11.1 Å². The first-order valence-electron chi connectivity index (χ1n) is 6.33. The van der Waals surface area contributed by atoms with E-state index >= 15 is 0 Å². The average molecular weight is 298 g/mol. The number of hydrogen-bond donors (Lipinski definition) is 3. The van der Waals surface area contributed by atoms with Crippen molar-refractivity contribution in [3.8, 4) is 0 Å². The molecule has 1 aliphatic rings.